The Morgan fingerprint density at radius 2 is 2.02 bits per heavy atom. The molecule has 2 aromatic heterocycles. The number of carbonyl (C=O) groups is 2. The van der Waals surface area contributed by atoms with Gasteiger partial charge in [0, 0.05) is 55.7 Å². The van der Waals surface area contributed by atoms with Gasteiger partial charge in [0.2, 0.25) is 23.7 Å². The van der Waals surface area contributed by atoms with Crippen LogP contribution in [0.15, 0.2) is 37.1 Å². The van der Waals surface area contributed by atoms with E-state index in [0.717, 1.165) is 18.4 Å². The lowest BCUT2D eigenvalue weighted by Gasteiger charge is -2.23. The highest BCUT2D eigenvalue weighted by molar-refractivity contribution is 5.94. The number of benzene rings is 1. The van der Waals surface area contributed by atoms with Crippen molar-refractivity contribution in [3.63, 3.8) is 0 Å². The number of nitrogens with zero attached hydrogens (tertiary/aromatic N) is 5. The van der Waals surface area contributed by atoms with E-state index in [1.54, 1.807) is 21.7 Å². The molecule has 1 unspecified atom stereocenters. The van der Waals surface area contributed by atoms with E-state index in [2.05, 4.69) is 46.5 Å². The fourth-order valence-corrected chi connectivity index (χ4v) is 5.02. The predicted molar refractivity (Wildman–Crippen MR) is 150 cm³/mol. The van der Waals surface area contributed by atoms with Crippen LogP contribution in [0.1, 0.15) is 50.2 Å². The minimum atomic E-state index is -0.414. The predicted octanol–water partition coefficient (Wildman–Crippen LogP) is 3.56. The molecule has 2 fully saturated rings. The lowest BCUT2D eigenvalue weighted by molar-refractivity contribution is -0.125. The summed E-state index contributed by atoms with van der Waals surface area (Å²) in [6.45, 7) is 9.98. The van der Waals surface area contributed by atoms with Gasteiger partial charge in [0.25, 0.3) is 0 Å². The standard InChI is InChI=1S/C28H35FN8O3/c1-4-24(38)36-10-7-18(16-36)26(39)32-21-5-6-23(29)19(13-21)14-30-28-35-27(33-20-8-11-40-12-9-20)34-25-22(17(2)3)15-31-37(25)28/h4-6,13,15,17-18,20H,1,7-12,14,16H2,2-3H3,(H,32,39)(H2,30,33,34,35). The minimum Gasteiger partial charge on any atom is -0.381 e. The van der Waals surface area contributed by atoms with Gasteiger partial charge in [-0.05, 0) is 49.5 Å². The quantitative estimate of drug-likeness (QED) is 0.346. The monoisotopic (exact) mass is 550 g/mol. The molecular formula is C28H35FN8O3. The van der Waals surface area contributed by atoms with Crippen LogP contribution >= 0.6 is 0 Å². The van der Waals surface area contributed by atoms with Crippen molar-refractivity contribution < 1.29 is 18.7 Å². The van der Waals surface area contributed by atoms with Crippen molar-refractivity contribution in [2.45, 2.75) is 51.6 Å². The molecule has 0 radical (unpaired) electrons. The second kappa shape index (κ2) is 12.0. The average molecular weight is 551 g/mol. The highest BCUT2D eigenvalue weighted by Gasteiger charge is 2.30. The summed E-state index contributed by atoms with van der Waals surface area (Å²) in [5.41, 5.74) is 2.50. The minimum absolute atomic E-state index is 0.111. The van der Waals surface area contributed by atoms with Crippen molar-refractivity contribution in [2.24, 2.45) is 5.92 Å². The van der Waals surface area contributed by atoms with Gasteiger partial charge in [-0.2, -0.15) is 19.6 Å². The summed E-state index contributed by atoms with van der Waals surface area (Å²) in [6.07, 6.45) is 5.32. The zero-order valence-corrected chi connectivity index (χ0v) is 22.8. The van der Waals surface area contributed by atoms with Crippen LogP contribution in [0.3, 0.4) is 0 Å². The summed E-state index contributed by atoms with van der Waals surface area (Å²) in [7, 11) is 0. The van der Waals surface area contributed by atoms with E-state index in [0.29, 0.717) is 61.5 Å². The van der Waals surface area contributed by atoms with E-state index >= 15 is 0 Å². The molecule has 0 saturated carbocycles. The van der Waals surface area contributed by atoms with Crippen LogP contribution in [0.5, 0.6) is 0 Å². The van der Waals surface area contributed by atoms with E-state index in [9.17, 15) is 14.0 Å². The third-order valence-electron chi connectivity index (χ3n) is 7.37. The molecule has 1 atom stereocenters. The first-order valence-corrected chi connectivity index (χ1v) is 13.7. The molecule has 2 aliphatic heterocycles. The summed E-state index contributed by atoms with van der Waals surface area (Å²) < 4.78 is 21.9. The third kappa shape index (κ3) is 6.06. The molecular weight excluding hydrogens is 515 g/mol. The van der Waals surface area contributed by atoms with E-state index in [1.165, 1.54) is 18.2 Å². The van der Waals surface area contributed by atoms with Crippen LogP contribution < -0.4 is 16.0 Å². The Morgan fingerprint density at radius 1 is 1.23 bits per heavy atom. The van der Waals surface area contributed by atoms with Crippen molar-refractivity contribution in [1.29, 1.82) is 0 Å². The maximum Gasteiger partial charge on any atom is 0.245 e. The Kier molecular flexibility index (Phi) is 8.24. The van der Waals surface area contributed by atoms with Gasteiger partial charge >= 0.3 is 0 Å². The lowest BCUT2D eigenvalue weighted by atomic mass is 10.1. The maximum atomic E-state index is 14.8. The summed E-state index contributed by atoms with van der Waals surface area (Å²) in [4.78, 5) is 35.7. The molecule has 0 spiro atoms. The lowest BCUT2D eigenvalue weighted by Crippen LogP contribution is -2.30. The van der Waals surface area contributed by atoms with Crippen molar-refractivity contribution in [3.05, 3.63) is 54.0 Å². The number of ether oxygens (including phenoxy) is 1. The number of hydrogen-bond donors (Lipinski definition) is 3. The molecule has 1 aromatic carbocycles. The Bertz CT molecular complexity index is 1400. The van der Waals surface area contributed by atoms with Crippen molar-refractivity contribution in [2.75, 3.05) is 42.3 Å². The average Bonchev–Trinajstić information content (AvgIpc) is 3.61. The van der Waals surface area contributed by atoms with Gasteiger partial charge in [0.15, 0.2) is 5.65 Å². The largest absolute Gasteiger partial charge is 0.381 e. The van der Waals surface area contributed by atoms with Gasteiger partial charge in [-0.25, -0.2) is 4.39 Å². The second-order valence-electron chi connectivity index (χ2n) is 10.5. The molecule has 3 aromatic rings. The molecule has 5 rings (SSSR count). The van der Waals surface area contributed by atoms with Crippen LogP contribution in [0.4, 0.5) is 22.0 Å². The molecule has 40 heavy (non-hydrogen) atoms. The molecule has 2 saturated heterocycles. The molecule has 212 valence electrons. The van der Waals surface area contributed by atoms with E-state index in [-0.39, 0.29) is 36.2 Å². The zero-order valence-electron chi connectivity index (χ0n) is 22.8. The molecule has 4 heterocycles. The summed E-state index contributed by atoms with van der Waals surface area (Å²) in [5, 5.41) is 14.0. The second-order valence-corrected chi connectivity index (χ2v) is 10.5. The normalized spacial score (nSPS) is 17.8. The Hall–Kier alpha value is -4.06. The van der Waals surface area contributed by atoms with Crippen molar-refractivity contribution in [3.8, 4) is 0 Å². The highest BCUT2D eigenvalue weighted by Crippen LogP contribution is 2.25. The fourth-order valence-electron chi connectivity index (χ4n) is 5.02. The van der Waals surface area contributed by atoms with Gasteiger partial charge in [0.1, 0.15) is 5.82 Å². The topological polar surface area (TPSA) is 126 Å². The number of nitrogens with one attached hydrogen (secondary N) is 3. The van der Waals surface area contributed by atoms with Gasteiger partial charge < -0.3 is 25.6 Å². The van der Waals surface area contributed by atoms with Gasteiger partial charge in [-0.3, -0.25) is 9.59 Å². The number of likely N-dealkylation sites (tertiary alicyclic amines) is 1. The number of carbonyl (C=O) groups excluding carboxylic acids is 2. The number of amides is 2. The molecule has 2 aliphatic rings. The number of anilines is 3. The highest BCUT2D eigenvalue weighted by atomic mass is 19.1. The first-order valence-electron chi connectivity index (χ1n) is 13.7. The van der Waals surface area contributed by atoms with Crippen molar-refractivity contribution >= 4 is 35.0 Å². The fraction of sp³-hybridized carbons (Fsp3) is 0.464. The number of aromatic nitrogens is 4. The summed E-state index contributed by atoms with van der Waals surface area (Å²) in [6, 6.07) is 4.66. The summed E-state index contributed by atoms with van der Waals surface area (Å²) in [5.74, 6) is -0.0258. The number of hydrogen-bond acceptors (Lipinski definition) is 8. The number of fused-ring (bicyclic) bond motifs is 1. The Morgan fingerprint density at radius 3 is 2.77 bits per heavy atom. The van der Waals surface area contributed by atoms with E-state index in [1.807, 2.05) is 0 Å². The van der Waals surface area contributed by atoms with Crippen LogP contribution in [0.2, 0.25) is 0 Å². The number of halogens is 1. The first-order chi connectivity index (χ1) is 19.3. The molecule has 3 N–H and O–H groups in total. The van der Waals surface area contributed by atoms with Crippen LogP contribution in [0.25, 0.3) is 5.65 Å². The molecule has 0 bridgehead atoms. The van der Waals surface area contributed by atoms with E-state index in [4.69, 9.17) is 9.72 Å². The zero-order chi connectivity index (χ0) is 28.2. The van der Waals surface area contributed by atoms with E-state index < -0.39 is 5.82 Å². The van der Waals surface area contributed by atoms with Crippen LogP contribution in [-0.4, -0.2) is 68.6 Å². The maximum absolute atomic E-state index is 14.8. The number of rotatable bonds is 9. The Labute approximate surface area is 232 Å². The molecule has 11 nitrogen and oxygen atoms in total. The van der Waals surface area contributed by atoms with Gasteiger partial charge in [0.05, 0.1) is 12.1 Å². The third-order valence-corrected chi connectivity index (χ3v) is 7.37. The molecule has 12 heteroatoms. The van der Waals surface area contributed by atoms with Gasteiger partial charge in [-0.1, -0.05) is 20.4 Å². The SMILES string of the molecule is C=CC(=O)N1CCC(C(=O)Nc2ccc(F)c(CNc3nc(NC4CCOCC4)nc4c(C(C)C)cnn34)c2)C1. The smallest absolute Gasteiger partial charge is 0.245 e. The summed E-state index contributed by atoms with van der Waals surface area (Å²) >= 11 is 0. The van der Waals surface area contributed by atoms with Crippen LogP contribution in [0, 0.1) is 11.7 Å². The first kappa shape index (κ1) is 27.5. The Balaban J connectivity index is 1.32. The van der Waals surface area contributed by atoms with Gasteiger partial charge in [-0.15, -0.1) is 0 Å². The van der Waals surface area contributed by atoms with Crippen molar-refractivity contribution in [1.82, 2.24) is 24.5 Å². The molecule has 2 amide bonds. The molecule has 0 aliphatic carbocycles. The van der Waals surface area contributed by atoms with Crippen LogP contribution in [-0.2, 0) is 20.9 Å².